The lowest BCUT2D eigenvalue weighted by molar-refractivity contribution is 0.0839. The van der Waals surface area contributed by atoms with Crippen LogP contribution in [-0.2, 0) is 13.1 Å². The van der Waals surface area contributed by atoms with Crippen LogP contribution in [0.25, 0.3) is 0 Å². The van der Waals surface area contributed by atoms with Gasteiger partial charge in [0.2, 0.25) is 0 Å². The summed E-state index contributed by atoms with van der Waals surface area (Å²) in [6.07, 6.45) is 3.61. The zero-order valence-corrected chi connectivity index (χ0v) is 11.2. The fourth-order valence-corrected chi connectivity index (χ4v) is 2.76. The monoisotopic (exact) mass is 248 g/mol. The summed E-state index contributed by atoms with van der Waals surface area (Å²) in [6.45, 7) is 5.07. The average molecular weight is 248 g/mol. The van der Waals surface area contributed by atoms with Gasteiger partial charge in [0.1, 0.15) is 0 Å². The quantitative estimate of drug-likeness (QED) is 0.854. The summed E-state index contributed by atoms with van der Waals surface area (Å²) in [5, 5.41) is 9.43. The highest BCUT2D eigenvalue weighted by atomic mass is 16.3. The third-order valence-corrected chi connectivity index (χ3v) is 3.98. The minimum atomic E-state index is 0.278. The molecule has 1 fully saturated rings. The molecule has 1 heterocycles. The van der Waals surface area contributed by atoms with E-state index >= 15 is 0 Å². The fraction of sp³-hybridized carbons (Fsp3) is 0.600. The van der Waals surface area contributed by atoms with Crippen molar-refractivity contribution in [2.45, 2.75) is 45.3 Å². The van der Waals surface area contributed by atoms with Crippen molar-refractivity contribution in [3.63, 3.8) is 0 Å². The molecule has 0 amide bonds. The van der Waals surface area contributed by atoms with Crippen molar-refractivity contribution < 1.29 is 5.11 Å². The van der Waals surface area contributed by atoms with Crippen LogP contribution in [0, 0.1) is 6.92 Å². The maximum absolute atomic E-state index is 9.43. The van der Waals surface area contributed by atoms with Gasteiger partial charge >= 0.3 is 0 Å². The average Bonchev–Trinajstić information content (AvgIpc) is 2.41. The standard InChI is InChI=1S/C15H24N2O/c1-12-8-13(9-16)5-6-14(12)10-17-7-3-2-4-15(17)11-18/h5-6,8,15,18H,2-4,7,9-11,16H2,1H3. The summed E-state index contributed by atoms with van der Waals surface area (Å²) in [6, 6.07) is 6.81. The third-order valence-electron chi connectivity index (χ3n) is 3.98. The molecular weight excluding hydrogens is 224 g/mol. The summed E-state index contributed by atoms with van der Waals surface area (Å²) >= 11 is 0. The van der Waals surface area contributed by atoms with E-state index in [1.54, 1.807) is 0 Å². The predicted octanol–water partition coefficient (Wildman–Crippen LogP) is 1.80. The van der Waals surface area contributed by atoms with Gasteiger partial charge in [-0.2, -0.15) is 0 Å². The van der Waals surface area contributed by atoms with E-state index in [-0.39, 0.29) is 6.61 Å². The van der Waals surface area contributed by atoms with Gasteiger partial charge in [-0.3, -0.25) is 4.90 Å². The van der Waals surface area contributed by atoms with Crippen LogP contribution in [0.3, 0.4) is 0 Å². The summed E-state index contributed by atoms with van der Waals surface area (Å²) in [5.41, 5.74) is 9.50. The van der Waals surface area contributed by atoms with Crippen molar-refractivity contribution in [2.75, 3.05) is 13.2 Å². The normalized spacial score (nSPS) is 21.2. The van der Waals surface area contributed by atoms with Crippen molar-refractivity contribution in [2.24, 2.45) is 5.73 Å². The highest BCUT2D eigenvalue weighted by molar-refractivity contribution is 5.31. The first-order valence-electron chi connectivity index (χ1n) is 6.88. The minimum Gasteiger partial charge on any atom is -0.395 e. The van der Waals surface area contributed by atoms with E-state index in [1.807, 2.05) is 0 Å². The van der Waals surface area contributed by atoms with Gasteiger partial charge in [-0.25, -0.2) is 0 Å². The molecule has 3 N–H and O–H groups in total. The van der Waals surface area contributed by atoms with Crippen molar-refractivity contribution in [1.82, 2.24) is 4.90 Å². The molecule has 3 heteroatoms. The number of hydrogen-bond acceptors (Lipinski definition) is 3. The van der Waals surface area contributed by atoms with E-state index < -0.39 is 0 Å². The lowest BCUT2D eigenvalue weighted by atomic mass is 9.99. The van der Waals surface area contributed by atoms with Crippen LogP contribution in [0.5, 0.6) is 0 Å². The molecule has 1 aliphatic heterocycles. The number of rotatable bonds is 4. The molecule has 1 atom stereocenters. The number of nitrogens with two attached hydrogens (primary N) is 1. The molecule has 1 saturated heterocycles. The molecular formula is C15H24N2O. The fourth-order valence-electron chi connectivity index (χ4n) is 2.76. The van der Waals surface area contributed by atoms with Crippen LogP contribution in [0.2, 0.25) is 0 Å². The van der Waals surface area contributed by atoms with Crippen molar-refractivity contribution in [3.05, 3.63) is 34.9 Å². The molecule has 2 rings (SSSR count). The Labute approximate surface area is 110 Å². The van der Waals surface area contributed by atoms with Gasteiger partial charge in [-0.1, -0.05) is 24.6 Å². The molecule has 0 aromatic heterocycles. The molecule has 0 bridgehead atoms. The lowest BCUT2D eigenvalue weighted by Crippen LogP contribution is -2.41. The number of hydrogen-bond donors (Lipinski definition) is 2. The number of aliphatic hydroxyl groups is 1. The van der Waals surface area contributed by atoms with Gasteiger partial charge < -0.3 is 10.8 Å². The number of nitrogens with zero attached hydrogens (tertiary/aromatic N) is 1. The molecule has 0 radical (unpaired) electrons. The van der Waals surface area contributed by atoms with E-state index in [0.717, 1.165) is 19.5 Å². The van der Waals surface area contributed by atoms with Crippen LogP contribution in [0.1, 0.15) is 36.0 Å². The Balaban J connectivity index is 2.07. The van der Waals surface area contributed by atoms with Crippen LogP contribution >= 0.6 is 0 Å². The number of piperidine rings is 1. The maximum atomic E-state index is 9.43. The Morgan fingerprint density at radius 3 is 2.89 bits per heavy atom. The third kappa shape index (κ3) is 3.10. The number of likely N-dealkylation sites (tertiary alicyclic amines) is 1. The second-order valence-electron chi connectivity index (χ2n) is 5.27. The lowest BCUT2D eigenvalue weighted by Gasteiger charge is -2.35. The Morgan fingerprint density at radius 2 is 2.22 bits per heavy atom. The smallest absolute Gasteiger partial charge is 0.0586 e. The molecule has 1 unspecified atom stereocenters. The molecule has 1 aliphatic rings. The molecule has 0 saturated carbocycles. The Morgan fingerprint density at radius 1 is 1.39 bits per heavy atom. The Bertz CT molecular complexity index is 392. The van der Waals surface area contributed by atoms with E-state index in [9.17, 15) is 5.11 Å². The van der Waals surface area contributed by atoms with Crippen LogP contribution in [-0.4, -0.2) is 29.2 Å². The first-order valence-corrected chi connectivity index (χ1v) is 6.88. The maximum Gasteiger partial charge on any atom is 0.0586 e. The van der Waals surface area contributed by atoms with Crippen molar-refractivity contribution in [1.29, 1.82) is 0 Å². The number of aliphatic hydroxyl groups excluding tert-OH is 1. The van der Waals surface area contributed by atoms with Gasteiger partial charge in [0.05, 0.1) is 6.61 Å². The Kier molecular flexibility index (Phi) is 4.75. The topological polar surface area (TPSA) is 49.5 Å². The molecule has 0 spiro atoms. The number of benzene rings is 1. The van der Waals surface area contributed by atoms with Gasteiger partial charge in [0, 0.05) is 19.1 Å². The first-order chi connectivity index (χ1) is 8.74. The first kappa shape index (κ1) is 13.5. The molecule has 18 heavy (non-hydrogen) atoms. The van der Waals surface area contributed by atoms with E-state index in [1.165, 1.54) is 29.5 Å². The highest BCUT2D eigenvalue weighted by Crippen LogP contribution is 2.21. The summed E-state index contributed by atoms with van der Waals surface area (Å²) in [4.78, 5) is 2.41. The van der Waals surface area contributed by atoms with Crippen molar-refractivity contribution in [3.8, 4) is 0 Å². The predicted molar refractivity (Wildman–Crippen MR) is 74.2 cm³/mol. The Hall–Kier alpha value is -0.900. The van der Waals surface area contributed by atoms with Gasteiger partial charge in [0.15, 0.2) is 0 Å². The SMILES string of the molecule is Cc1cc(CN)ccc1CN1CCCCC1CO. The molecule has 1 aromatic carbocycles. The van der Waals surface area contributed by atoms with Crippen LogP contribution in [0.15, 0.2) is 18.2 Å². The largest absolute Gasteiger partial charge is 0.395 e. The van der Waals surface area contributed by atoms with Crippen molar-refractivity contribution >= 4 is 0 Å². The second-order valence-corrected chi connectivity index (χ2v) is 5.27. The summed E-state index contributed by atoms with van der Waals surface area (Å²) in [7, 11) is 0. The molecule has 3 nitrogen and oxygen atoms in total. The molecule has 1 aromatic rings. The molecule has 100 valence electrons. The van der Waals surface area contributed by atoms with Gasteiger partial charge in [0.25, 0.3) is 0 Å². The van der Waals surface area contributed by atoms with Gasteiger partial charge in [-0.15, -0.1) is 0 Å². The summed E-state index contributed by atoms with van der Waals surface area (Å²) < 4.78 is 0. The number of aryl methyl sites for hydroxylation is 1. The van der Waals surface area contributed by atoms with Crippen LogP contribution in [0.4, 0.5) is 0 Å². The van der Waals surface area contributed by atoms with Crippen LogP contribution < -0.4 is 5.73 Å². The zero-order chi connectivity index (χ0) is 13.0. The van der Waals surface area contributed by atoms with E-state index in [4.69, 9.17) is 5.73 Å². The zero-order valence-electron chi connectivity index (χ0n) is 11.2. The molecule has 0 aliphatic carbocycles. The van der Waals surface area contributed by atoms with E-state index in [2.05, 4.69) is 30.0 Å². The van der Waals surface area contributed by atoms with E-state index in [0.29, 0.717) is 12.6 Å². The second kappa shape index (κ2) is 6.32. The van der Waals surface area contributed by atoms with Gasteiger partial charge in [-0.05, 0) is 43.0 Å². The highest BCUT2D eigenvalue weighted by Gasteiger charge is 2.21. The minimum absolute atomic E-state index is 0.278. The summed E-state index contributed by atoms with van der Waals surface area (Å²) in [5.74, 6) is 0.